The molecule has 0 fully saturated rings. The fourth-order valence-corrected chi connectivity index (χ4v) is 0.801. The predicted octanol–water partition coefficient (Wildman–Crippen LogP) is 1.81. The van der Waals surface area contributed by atoms with E-state index in [0.717, 1.165) is 5.69 Å². The molecule has 0 aliphatic rings. The molecule has 1 rings (SSSR count). The van der Waals surface area contributed by atoms with Crippen molar-refractivity contribution in [2.75, 3.05) is 0 Å². The monoisotopic (exact) mass is 163 g/mol. The zero-order valence-electron chi connectivity index (χ0n) is 6.69. The number of carboxylic acid groups (broad SMARTS) is 1. The van der Waals surface area contributed by atoms with Crippen LogP contribution in [0.2, 0.25) is 0 Å². The maximum Gasteiger partial charge on any atom is 0.337 e. The van der Waals surface area contributed by atoms with Crippen molar-refractivity contribution in [3.63, 3.8) is 0 Å². The second-order valence-corrected chi connectivity index (χ2v) is 2.28. The van der Waals surface area contributed by atoms with Gasteiger partial charge in [-0.2, -0.15) is 0 Å². The first-order valence-corrected chi connectivity index (χ1v) is 3.56. The van der Waals surface area contributed by atoms with Crippen molar-refractivity contribution in [2.24, 2.45) is 0 Å². The SMILES string of the molecule is C/C=C\c1ccc(C(=O)O)cn1. The van der Waals surface area contributed by atoms with Gasteiger partial charge in [0.05, 0.1) is 11.3 Å². The summed E-state index contributed by atoms with van der Waals surface area (Å²) in [6.07, 6.45) is 5.01. The van der Waals surface area contributed by atoms with Crippen LogP contribution in [0.15, 0.2) is 24.4 Å². The lowest BCUT2D eigenvalue weighted by molar-refractivity contribution is 0.0696. The zero-order chi connectivity index (χ0) is 8.97. The Bertz CT molecular complexity index is 301. The molecule has 0 saturated carbocycles. The van der Waals surface area contributed by atoms with Crippen molar-refractivity contribution >= 4 is 12.0 Å². The van der Waals surface area contributed by atoms with E-state index in [0.29, 0.717) is 0 Å². The van der Waals surface area contributed by atoms with Crippen LogP contribution in [-0.2, 0) is 0 Å². The highest BCUT2D eigenvalue weighted by atomic mass is 16.4. The highest BCUT2D eigenvalue weighted by molar-refractivity contribution is 5.87. The van der Waals surface area contributed by atoms with Gasteiger partial charge in [0.1, 0.15) is 0 Å². The summed E-state index contributed by atoms with van der Waals surface area (Å²) in [6.45, 7) is 1.88. The molecule has 62 valence electrons. The Morgan fingerprint density at radius 2 is 2.33 bits per heavy atom. The first-order valence-electron chi connectivity index (χ1n) is 3.56. The van der Waals surface area contributed by atoms with Crippen LogP contribution in [0.1, 0.15) is 23.0 Å². The maximum absolute atomic E-state index is 10.4. The number of pyridine rings is 1. The van der Waals surface area contributed by atoms with Crippen molar-refractivity contribution in [1.29, 1.82) is 0 Å². The van der Waals surface area contributed by atoms with Gasteiger partial charge in [0, 0.05) is 6.20 Å². The molecular weight excluding hydrogens is 154 g/mol. The molecule has 1 heterocycles. The minimum atomic E-state index is -0.950. The number of carboxylic acids is 1. The van der Waals surface area contributed by atoms with Crippen LogP contribution < -0.4 is 0 Å². The third kappa shape index (κ3) is 1.92. The number of hydrogen-bond acceptors (Lipinski definition) is 2. The van der Waals surface area contributed by atoms with Crippen molar-refractivity contribution in [3.05, 3.63) is 35.7 Å². The Labute approximate surface area is 70.4 Å². The molecule has 0 radical (unpaired) electrons. The smallest absolute Gasteiger partial charge is 0.337 e. The van der Waals surface area contributed by atoms with Crippen molar-refractivity contribution in [2.45, 2.75) is 6.92 Å². The summed E-state index contributed by atoms with van der Waals surface area (Å²) < 4.78 is 0. The molecule has 12 heavy (non-hydrogen) atoms. The van der Waals surface area contributed by atoms with E-state index in [9.17, 15) is 4.79 Å². The largest absolute Gasteiger partial charge is 0.478 e. The Morgan fingerprint density at radius 3 is 2.75 bits per heavy atom. The average Bonchev–Trinajstić information content (AvgIpc) is 2.06. The molecule has 3 heteroatoms. The molecule has 0 aromatic carbocycles. The molecule has 1 aromatic rings. The van der Waals surface area contributed by atoms with Crippen LogP contribution in [0, 0.1) is 0 Å². The van der Waals surface area contributed by atoms with E-state index in [-0.39, 0.29) is 5.56 Å². The van der Waals surface area contributed by atoms with Gasteiger partial charge < -0.3 is 5.11 Å². The fourth-order valence-electron chi connectivity index (χ4n) is 0.801. The lowest BCUT2D eigenvalue weighted by Gasteiger charge is -1.93. The summed E-state index contributed by atoms with van der Waals surface area (Å²) in [5.41, 5.74) is 0.978. The molecule has 0 unspecified atom stereocenters. The summed E-state index contributed by atoms with van der Waals surface area (Å²) >= 11 is 0. The second-order valence-electron chi connectivity index (χ2n) is 2.28. The quantitative estimate of drug-likeness (QED) is 0.723. The van der Waals surface area contributed by atoms with Gasteiger partial charge in [0.15, 0.2) is 0 Å². The van der Waals surface area contributed by atoms with Crippen LogP contribution in [0.4, 0.5) is 0 Å². The van der Waals surface area contributed by atoms with Crippen LogP contribution in [0.5, 0.6) is 0 Å². The lowest BCUT2D eigenvalue weighted by atomic mass is 10.2. The number of carbonyl (C=O) groups is 1. The molecule has 0 atom stereocenters. The van der Waals surface area contributed by atoms with E-state index in [2.05, 4.69) is 4.98 Å². The number of hydrogen-bond donors (Lipinski definition) is 1. The lowest BCUT2D eigenvalue weighted by Crippen LogP contribution is -1.96. The van der Waals surface area contributed by atoms with E-state index >= 15 is 0 Å². The number of nitrogens with zero attached hydrogens (tertiary/aromatic N) is 1. The normalized spacial score (nSPS) is 10.4. The first-order chi connectivity index (χ1) is 5.74. The van der Waals surface area contributed by atoms with Crippen LogP contribution in [0.3, 0.4) is 0 Å². The zero-order valence-corrected chi connectivity index (χ0v) is 6.69. The molecule has 0 amide bonds. The summed E-state index contributed by atoms with van der Waals surface area (Å²) in [5.74, 6) is -0.950. The van der Waals surface area contributed by atoms with Crippen LogP contribution >= 0.6 is 0 Å². The minimum absolute atomic E-state index is 0.211. The Kier molecular flexibility index (Phi) is 2.58. The van der Waals surface area contributed by atoms with Gasteiger partial charge in [0.2, 0.25) is 0 Å². The molecular formula is C9H9NO2. The fraction of sp³-hybridized carbons (Fsp3) is 0.111. The van der Waals surface area contributed by atoms with E-state index in [1.807, 2.05) is 19.1 Å². The van der Waals surface area contributed by atoms with Crippen molar-refractivity contribution in [3.8, 4) is 0 Å². The predicted molar refractivity (Wildman–Crippen MR) is 45.9 cm³/mol. The summed E-state index contributed by atoms with van der Waals surface area (Å²) in [6, 6.07) is 3.20. The van der Waals surface area contributed by atoms with Crippen LogP contribution in [-0.4, -0.2) is 16.1 Å². The molecule has 1 aromatic heterocycles. The molecule has 0 saturated heterocycles. The van der Waals surface area contributed by atoms with E-state index in [1.165, 1.54) is 12.3 Å². The molecule has 1 N–H and O–H groups in total. The van der Waals surface area contributed by atoms with Gasteiger partial charge in [-0.3, -0.25) is 4.98 Å². The van der Waals surface area contributed by atoms with E-state index in [1.54, 1.807) is 6.07 Å². The number of aromatic carboxylic acids is 1. The Hall–Kier alpha value is -1.64. The second kappa shape index (κ2) is 3.67. The third-order valence-electron chi connectivity index (χ3n) is 1.37. The van der Waals surface area contributed by atoms with Gasteiger partial charge in [-0.15, -0.1) is 0 Å². The summed E-state index contributed by atoms with van der Waals surface area (Å²) in [7, 11) is 0. The van der Waals surface area contributed by atoms with Crippen molar-refractivity contribution < 1.29 is 9.90 Å². The Balaban J connectivity index is 2.93. The molecule has 0 bridgehead atoms. The van der Waals surface area contributed by atoms with Gasteiger partial charge in [0.25, 0.3) is 0 Å². The molecule has 0 aliphatic heterocycles. The van der Waals surface area contributed by atoms with E-state index < -0.39 is 5.97 Å². The van der Waals surface area contributed by atoms with Gasteiger partial charge >= 0.3 is 5.97 Å². The number of allylic oxidation sites excluding steroid dienone is 1. The standard InChI is InChI=1S/C9H9NO2/c1-2-3-8-5-4-7(6-10-8)9(11)12/h2-6H,1H3,(H,11,12)/b3-2-. The van der Waals surface area contributed by atoms with Gasteiger partial charge in [-0.1, -0.05) is 6.08 Å². The average molecular weight is 163 g/mol. The van der Waals surface area contributed by atoms with Gasteiger partial charge in [-0.05, 0) is 25.1 Å². The summed E-state index contributed by atoms with van der Waals surface area (Å²) in [4.78, 5) is 14.3. The van der Waals surface area contributed by atoms with E-state index in [4.69, 9.17) is 5.11 Å². The highest BCUT2D eigenvalue weighted by Gasteiger charge is 2.00. The topological polar surface area (TPSA) is 50.2 Å². The Morgan fingerprint density at radius 1 is 1.58 bits per heavy atom. The van der Waals surface area contributed by atoms with Gasteiger partial charge in [-0.25, -0.2) is 4.79 Å². The minimum Gasteiger partial charge on any atom is -0.478 e. The van der Waals surface area contributed by atoms with Crippen LogP contribution in [0.25, 0.3) is 6.08 Å². The molecule has 3 nitrogen and oxygen atoms in total. The number of rotatable bonds is 2. The van der Waals surface area contributed by atoms with Crippen molar-refractivity contribution in [1.82, 2.24) is 4.98 Å². The number of aromatic nitrogens is 1. The maximum atomic E-state index is 10.4. The first kappa shape index (κ1) is 8.46. The molecule has 0 spiro atoms. The third-order valence-corrected chi connectivity index (χ3v) is 1.37. The summed E-state index contributed by atoms with van der Waals surface area (Å²) in [5, 5.41) is 8.55. The highest BCUT2D eigenvalue weighted by Crippen LogP contribution is 2.01. The molecule has 0 aliphatic carbocycles.